The van der Waals surface area contributed by atoms with Crippen molar-refractivity contribution in [1.29, 1.82) is 0 Å². The second kappa shape index (κ2) is 7.41. The Morgan fingerprint density at radius 3 is 2.60 bits per heavy atom. The summed E-state index contributed by atoms with van der Waals surface area (Å²) in [5, 5.41) is 8.04. The van der Waals surface area contributed by atoms with Crippen molar-refractivity contribution < 1.29 is 22.4 Å². The monoisotopic (exact) mass is 435 g/mol. The molecule has 0 aliphatic carbocycles. The summed E-state index contributed by atoms with van der Waals surface area (Å²) in [4.78, 5) is 16.3. The van der Waals surface area contributed by atoms with Gasteiger partial charge in [-0.15, -0.1) is 16.4 Å². The molecule has 11 heteroatoms. The number of anilines is 1. The van der Waals surface area contributed by atoms with Crippen molar-refractivity contribution in [3.63, 3.8) is 0 Å². The first kappa shape index (κ1) is 19.8. The van der Waals surface area contributed by atoms with Crippen molar-refractivity contribution in [1.82, 2.24) is 19.9 Å². The molecule has 1 amide bonds. The van der Waals surface area contributed by atoms with Gasteiger partial charge in [0.1, 0.15) is 11.4 Å². The van der Waals surface area contributed by atoms with Crippen molar-refractivity contribution in [2.24, 2.45) is 0 Å². The highest BCUT2D eigenvalue weighted by molar-refractivity contribution is 7.12. The van der Waals surface area contributed by atoms with Crippen LogP contribution in [0.3, 0.4) is 0 Å². The summed E-state index contributed by atoms with van der Waals surface area (Å²) in [6, 6.07) is 8.12. The van der Waals surface area contributed by atoms with Gasteiger partial charge in [-0.2, -0.15) is 18.2 Å². The number of hydrogen-bond acceptors (Lipinski definition) is 5. The molecule has 3 heterocycles. The molecule has 0 aliphatic rings. The summed E-state index contributed by atoms with van der Waals surface area (Å²) in [5.74, 6) is -1.04. The van der Waals surface area contributed by atoms with E-state index in [0.29, 0.717) is 16.0 Å². The number of pyridine rings is 1. The number of amides is 1. The number of carbonyl (C=O) groups excluding carboxylic acids is 1. The number of rotatable bonds is 4. The Morgan fingerprint density at radius 2 is 1.90 bits per heavy atom. The average Bonchev–Trinajstić information content (AvgIpc) is 3.31. The third-order valence-electron chi connectivity index (χ3n) is 4.28. The number of nitrogens with two attached hydrogens (primary N) is 1. The van der Waals surface area contributed by atoms with E-state index in [-0.39, 0.29) is 23.9 Å². The summed E-state index contributed by atoms with van der Waals surface area (Å²) < 4.78 is 54.2. The van der Waals surface area contributed by atoms with E-state index in [1.54, 1.807) is 17.5 Å². The molecule has 0 bridgehead atoms. The van der Waals surface area contributed by atoms with E-state index in [2.05, 4.69) is 15.4 Å². The summed E-state index contributed by atoms with van der Waals surface area (Å²) in [7, 11) is 0. The standard InChI is InChI=1S/C19H13F4N5OS/c20-13-3-1-10(2-4-13)7-25-17(29)15-6-12(9-30-15)11-5-14(19(21,22)23)16-26-18(24)27-28(16)8-11/h1-6,8-9H,7H2,(H2,24,27)(H,25,29). The maximum atomic E-state index is 13.4. The Kier molecular flexibility index (Phi) is 4.90. The molecule has 4 rings (SSSR count). The molecule has 0 fully saturated rings. The van der Waals surface area contributed by atoms with Gasteiger partial charge in [0.05, 0.1) is 4.88 Å². The SMILES string of the molecule is Nc1nc2c(C(F)(F)F)cc(-c3csc(C(=O)NCc4ccc(F)cc4)c3)cn2n1. The molecule has 0 saturated carbocycles. The van der Waals surface area contributed by atoms with Gasteiger partial charge in [0, 0.05) is 18.3 Å². The first-order valence-corrected chi connectivity index (χ1v) is 9.43. The highest BCUT2D eigenvalue weighted by Crippen LogP contribution is 2.36. The fourth-order valence-electron chi connectivity index (χ4n) is 2.85. The van der Waals surface area contributed by atoms with E-state index < -0.39 is 23.3 Å². The molecule has 3 aromatic heterocycles. The van der Waals surface area contributed by atoms with Crippen molar-refractivity contribution >= 4 is 28.8 Å². The quantitative estimate of drug-likeness (QED) is 0.472. The summed E-state index contributed by atoms with van der Waals surface area (Å²) in [6.45, 7) is 0.189. The zero-order valence-electron chi connectivity index (χ0n) is 15.1. The first-order valence-electron chi connectivity index (χ1n) is 8.55. The summed E-state index contributed by atoms with van der Waals surface area (Å²) >= 11 is 1.09. The van der Waals surface area contributed by atoms with Gasteiger partial charge in [-0.05, 0) is 40.8 Å². The van der Waals surface area contributed by atoms with Crippen LogP contribution in [0.5, 0.6) is 0 Å². The molecule has 30 heavy (non-hydrogen) atoms. The number of hydrogen-bond donors (Lipinski definition) is 2. The molecule has 0 spiro atoms. The van der Waals surface area contributed by atoms with Crippen LogP contribution >= 0.6 is 11.3 Å². The molecule has 4 aromatic rings. The number of nitrogen functional groups attached to an aromatic ring is 1. The zero-order chi connectivity index (χ0) is 21.5. The molecule has 0 radical (unpaired) electrons. The normalized spacial score (nSPS) is 11.7. The number of aromatic nitrogens is 3. The van der Waals surface area contributed by atoms with Crippen LogP contribution in [0, 0.1) is 5.82 Å². The lowest BCUT2D eigenvalue weighted by molar-refractivity contribution is -0.136. The lowest BCUT2D eigenvalue weighted by atomic mass is 10.1. The maximum Gasteiger partial charge on any atom is 0.420 e. The Morgan fingerprint density at radius 1 is 1.17 bits per heavy atom. The molecule has 0 unspecified atom stereocenters. The minimum atomic E-state index is -4.65. The summed E-state index contributed by atoms with van der Waals surface area (Å²) in [6.07, 6.45) is -3.28. The topological polar surface area (TPSA) is 85.3 Å². The van der Waals surface area contributed by atoms with Gasteiger partial charge >= 0.3 is 6.18 Å². The Bertz CT molecular complexity index is 1230. The predicted octanol–water partition coefficient (Wildman–Crippen LogP) is 4.13. The number of fused-ring (bicyclic) bond motifs is 1. The minimum Gasteiger partial charge on any atom is -0.366 e. The van der Waals surface area contributed by atoms with E-state index in [1.165, 1.54) is 24.4 Å². The molecule has 6 nitrogen and oxygen atoms in total. The largest absolute Gasteiger partial charge is 0.420 e. The second-order valence-electron chi connectivity index (χ2n) is 6.39. The van der Waals surface area contributed by atoms with Crippen molar-refractivity contribution in [2.45, 2.75) is 12.7 Å². The molecular formula is C19H13F4N5OS. The van der Waals surface area contributed by atoms with E-state index in [0.717, 1.165) is 21.9 Å². The number of thiophene rings is 1. The molecule has 154 valence electrons. The van der Waals surface area contributed by atoms with Crippen LogP contribution in [0.25, 0.3) is 16.8 Å². The van der Waals surface area contributed by atoms with E-state index in [1.807, 2.05) is 0 Å². The fraction of sp³-hybridized carbons (Fsp3) is 0.105. The van der Waals surface area contributed by atoms with Crippen molar-refractivity contribution in [3.05, 3.63) is 69.8 Å². The number of nitrogens with zero attached hydrogens (tertiary/aromatic N) is 3. The van der Waals surface area contributed by atoms with E-state index >= 15 is 0 Å². The van der Waals surface area contributed by atoms with E-state index in [4.69, 9.17) is 5.73 Å². The van der Waals surface area contributed by atoms with Gasteiger partial charge in [-0.1, -0.05) is 12.1 Å². The third kappa shape index (κ3) is 3.96. The van der Waals surface area contributed by atoms with Crippen LogP contribution in [0.2, 0.25) is 0 Å². The lowest BCUT2D eigenvalue weighted by Crippen LogP contribution is -2.21. The van der Waals surface area contributed by atoms with Gasteiger partial charge in [-0.25, -0.2) is 8.91 Å². The molecule has 1 aromatic carbocycles. The molecule has 0 atom stereocenters. The molecule has 3 N–H and O–H groups in total. The van der Waals surface area contributed by atoms with Crippen LogP contribution in [0.1, 0.15) is 20.8 Å². The Hall–Kier alpha value is -3.47. The van der Waals surface area contributed by atoms with Crippen LogP contribution < -0.4 is 11.1 Å². The fourth-order valence-corrected chi connectivity index (χ4v) is 3.68. The number of alkyl halides is 3. The maximum absolute atomic E-state index is 13.4. The summed E-state index contributed by atoms with van der Waals surface area (Å²) in [5.41, 5.74) is 5.43. The predicted molar refractivity (Wildman–Crippen MR) is 103 cm³/mol. The van der Waals surface area contributed by atoms with Crippen LogP contribution in [0.15, 0.2) is 48.0 Å². The van der Waals surface area contributed by atoms with Crippen LogP contribution in [-0.4, -0.2) is 20.5 Å². The number of halogens is 4. The Labute approximate surface area is 171 Å². The highest BCUT2D eigenvalue weighted by atomic mass is 32.1. The van der Waals surface area contributed by atoms with Crippen molar-refractivity contribution in [3.8, 4) is 11.1 Å². The number of carbonyl (C=O) groups is 1. The lowest BCUT2D eigenvalue weighted by Gasteiger charge is -2.09. The van der Waals surface area contributed by atoms with Crippen LogP contribution in [0.4, 0.5) is 23.5 Å². The van der Waals surface area contributed by atoms with Crippen molar-refractivity contribution in [2.75, 3.05) is 5.73 Å². The van der Waals surface area contributed by atoms with Gasteiger partial charge in [0.15, 0.2) is 5.65 Å². The highest BCUT2D eigenvalue weighted by Gasteiger charge is 2.35. The zero-order valence-corrected chi connectivity index (χ0v) is 15.9. The Balaban J connectivity index is 1.59. The van der Waals surface area contributed by atoms with Gasteiger partial charge in [-0.3, -0.25) is 4.79 Å². The van der Waals surface area contributed by atoms with Gasteiger partial charge < -0.3 is 11.1 Å². The third-order valence-corrected chi connectivity index (χ3v) is 5.21. The number of nitrogens with one attached hydrogen (secondary N) is 1. The van der Waals surface area contributed by atoms with Gasteiger partial charge in [0.2, 0.25) is 5.95 Å². The van der Waals surface area contributed by atoms with Crippen LogP contribution in [-0.2, 0) is 12.7 Å². The number of benzene rings is 1. The molecule has 0 aliphatic heterocycles. The second-order valence-corrected chi connectivity index (χ2v) is 7.30. The minimum absolute atomic E-state index is 0.189. The smallest absolute Gasteiger partial charge is 0.366 e. The molecular weight excluding hydrogens is 422 g/mol. The average molecular weight is 435 g/mol. The van der Waals surface area contributed by atoms with E-state index in [9.17, 15) is 22.4 Å². The molecule has 0 saturated heterocycles. The van der Waals surface area contributed by atoms with Gasteiger partial charge in [0.25, 0.3) is 5.91 Å². The first-order chi connectivity index (χ1) is 14.2.